The Balaban J connectivity index is 1.03. The minimum Gasteiger partial charge on any atom is -0.486 e. The number of fused-ring (bicyclic) bond motifs is 5. The Bertz CT molecular complexity index is 2500. The molecule has 4 aromatic rings. The summed E-state index contributed by atoms with van der Waals surface area (Å²) < 4.78 is 12.1. The summed E-state index contributed by atoms with van der Waals surface area (Å²) in [6.07, 6.45) is 19.4. The van der Waals surface area contributed by atoms with E-state index in [9.17, 15) is 39.9 Å². The molecule has 0 heterocycles. The third kappa shape index (κ3) is 12.1. The van der Waals surface area contributed by atoms with E-state index in [1.54, 1.807) is 60.7 Å². The summed E-state index contributed by atoms with van der Waals surface area (Å²) in [5.41, 5.74) is 3.80. The van der Waals surface area contributed by atoms with E-state index in [4.69, 9.17) is 32.7 Å². The zero-order chi connectivity index (χ0) is 52.4. The maximum absolute atomic E-state index is 13.0. The van der Waals surface area contributed by atoms with Gasteiger partial charge in [-0.1, -0.05) is 132 Å². The van der Waals surface area contributed by atoms with Crippen LogP contribution in [0.5, 0.6) is 11.5 Å². The standard InChI is InChI=1S/C59H74B2Cl2O10/c1-35(2)8-6-9-36(3)49-22-23-50-46-21-16-42-28-37(24-26-58(42,4)51(46)25-27-59(49,50)5)10-7-11-45(40-29-47(56(64)65)54(52(62)31-40)72-33-38-12-17-43(18-13-38)60(68)69)41-30-48(57(66)67)55(53(63)32-41)73-34-39-14-19-44(20-15-39)61(70)71/h11-15,17-20,29-32,35-37,42,46,49-51,68-71H,6-10,16,21-28,33-34H2,1-5H3,(H,64,65)(H,66,67)/t36-,37+,42+,46+,49-,50+,51+,58+,59-/m1/s1. The first-order chi connectivity index (χ1) is 34.8. The molecule has 4 saturated carbocycles. The largest absolute Gasteiger partial charge is 0.488 e. The van der Waals surface area contributed by atoms with Crippen molar-refractivity contribution in [2.24, 2.45) is 58.2 Å². The number of halogens is 2. The van der Waals surface area contributed by atoms with Gasteiger partial charge in [0.25, 0.3) is 0 Å². The Hall–Kier alpha value is -4.29. The topological polar surface area (TPSA) is 174 Å². The second kappa shape index (κ2) is 23.3. The summed E-state index contributed by atoms with van der Waals surface area (Å²) in [7, 11) is -3.27. The molecule has 0 amide bonds. The average molecular weight is 1040 g/mol. The minimum atomic E-state index is -1.63. The Morgan fingerprint density at radius 3 is 1.71 bits per heavy atom. The number of rotatable bonds is 20. The van der Waals surface area contributed by atoms with Crippen LogP contribution in [0.2, 0.25) is 10.0 Å². The van der Waals surface area contributed by atoms with Gasteiger partial charge in [-0.25, -0.2) is 9.59 Å². The molecule has 4 aliphatic rings. The van der Waals surface area contributed by atoms with Crippen LogP contribution in [0.25, 0.3) is 5.57 Å². The quantitative estimate of drug-likeness (QED) is 0.0468. The van der Waals surface area contributed by atoms with Gasteiger partial charge < -0.3 is 39.8 Å². The lowest BCUT2D eigenvalue weighted by Gasteiger charge is -2.61. The number of hydrogen-bond acceptors (Lipinski definition) is 8. The van der Waals surface area contributed by atoms with Crippen LogP contribution >= 0.6 is 23.2 Å². The van der Waals surface area contributed by atoms with E-state index < -0.39 is 26.2 Å². The van der Waals surface area contributed by atoms with Crippen LogP contribution in [0.15, 0.2) is 78.9 Å². The van der Waals surface area contributed by atoms with Crippen molar-refractivity contribution in [1.82, 2.24) is 0 Å². The van der Waals surface area contributed by atoms with Crippen LogP contribution in [0, 0.1) is 58.2 Å². The highest BCUT2D eigenvalue weighted by Crippen LogP contribution is 2.69. The van der Waals surface area contributed by atoms with Crippen molar-refractivity contribution in [3.8, 4) is 11.5 Å². The van der Waals surface area contributed by atoms with Gasteiger partial charge in [0.2, 0.25) is 0 Å². The van der Waals surface area contributed by atoms with Gasteiger partial charge in [-0.2, -0.15) is 0 Å². The van der Waals surface area contributed by atoms with E-state index in [0.717, 1.165) is 48.3 Å². The van der Waals surface area contributed by atoms with Crippen molar-refractivity contribution >= 4 is 65.9 Å². The smallest absolute Gasteiger partial charge is 0.486 e. The zero-order valence-corrected chi connectivity index (χ0v) is 44.7. The van der Waals surface area contributed by atoms with Gasteiger partial charge in [-0.15, -0.1) is 0 Å². The number of allylic oxidation sites excluding steroid dienone is 1. The van der Waals surface area contributed by atoms with Gasteiger partial charge in [-0.05, 0) is 192 Å². The number of benzene rings is 4. The Morgan fingerprint density at radius 1 is 0.685 bits per heavy atom. The highest BCUT2D eigenvalue weighted by Gasteiger charge is 2.60. The zero-order valence-electron chi connectivity index (χ0n) is 43.2. The van der Waals surface area contributed by atoms with Crippen LogP contribution in [0.3, 0.4) is 0 Å². The Kier molecular flexibility index (Phi) is 17.5. The lowest BCUT2D eigenvalue weighted by Crippen LogP contribution is -2.53. The number of ether oxygens (including phenoxy) is 2. The Labute approximate surface area is 442 Å². The first-order valence-electron chi connectivity index (χ1n) is 26.8. The summed E-state index contributed by atoms with van der Waals surface area (Å²) in [5.74, 6) is 3.44. The predicted octanol–water partition coefficient (Wildman–Crippen LogP) is 11.9. The molecule has 0 spiro atoms. The fourth-order valence-corrected chi connectivity index (χ4v) is 15.0. The maximum atomic E-state index is 13.0. The molecule has 0 aliphatic heterocycles. The van der Waals surface area contributed by atoms with Gasteiger partial charge >= 0.3 is 26.2 Å². The fraction of sp³-hybridized carbons (Fsp3) is 0.525. The lowest BCUT2D eigenvalue weighted by atomic mass is 9.44. The molecule has 73 heavy (non-hydrogen) atoms. The highest BCUT2D eigenvalue weighted by atomic mass is 35.5. The van der Waals surface area contributed by atoms with Gasteiger partial charge in [0.05, 0.1) is 10.0 Å². The van der Waals surface area contributed by atoms with E-state index in [1.807, 2.05) is 0 Å². The molecule has 0 saturated heterocycles. The van der Waals surface area contributed by atoms with Gasteiger partial charge in [-0.3, -0.25) is 0 Å². The molecule has 4 aliphatic carbocycles. The van der Waals surface area contributed by atoms with Crippen LogP contribution in [0.4, 0.5) is 0 Å². The van der Waals surface area contributed by atoms with Gasteiger partial charge in [0, 0.05) is 0 Å². The summed E-state index contributed by atoms with van der Waals surface area (Å²) in [4.78, 5) is 25.9. The van der Waals surface area contributed by atoms with E-state index in [0.29, 0.717) is 67.8 Å². The minimum absolute atomic E-state index is 0.0416. The summed E-state index contributed by atoms with van der Waals surface area (Å²) >= 11 is 13.9. The number of carboxylic acids is 2. The van der Waals surface area contributed by atoms with Crippen molar-refractivity contribution in [2.45, 2.75) is 138 Å². The molecule has 4 fully saturated rings. The first kappa shape index (κ1) is 55.0. The van der Waals surface area contributed by atoms with Crippen molar-refractivity contribution in [3.05, 3.63) is 122 Å². The molecule has 0 radical (unpaired) electrons. The molecule has 390 valence electrons. The molecule has 10 nitrogen and oxygen atoms in total. The Morgan fingerprint density at radius 2 is 1.21 bits per heavy atom. The molecule has 0 aromatic heterocycles. The van der Waals surface area contributed by atoms with E-state index in [-0.39, 0.29) is 45.9 Å². The van der Waals surface area contributed by atoms with E-state index in [1.165, 1.54) is 82.8 Å². The summed E-state index contributed by atoms with van der Waals surface area (Å²) in [5, 5.41) is 59.3. The first-order valence-corrected chi connectivity index (χ1v) is 27.5. The van der Waals surface area contributed by atoms with Crippen molar-refractivity contribution in [2.75, 3.05) is 0 Å². The molecule has 4 aromatic carbocycles. The van der Waals surface area contributed by atoms with E-state index in [2.05, 4.69) is 40.7 Å². The normalized spacial score (nSPS) is 25.8. The number of hydrogen-bond donors (Lipinski definition) is 6. The number of carbonyl (C=O) groups is 2. The maximum Gasteiger partial charge on any atom is 0.488 e. The molecule has 6 N–H and O–H groups in total. The second-order valence-electron chi connectivity index (χ2n) is 23.1. The highest BCUT2D eigenvalue weighted by molar-refractivity contribution is 6.58. The molecular formula is C59H74B2Cl2O10. The molecule has 14 heteroatoms. The predicted molar refractivity (Wildman–Crippen MR) is 291 cm³/mol. The second-order valence-corrected chi connectivity index (χ2v) is 23.9. The summed E-state index contributed by atoms with van der Waals surface area (Å²) in [6, 6.07) is 19.0. The van der Waals surface area contributed by atoms with Crippen molar-refractivity contribution in [1.29, 1.82) is 0 Å². The fourth-order valence-electron chi connectivity index (χ4n) is 14.5. The van der Waals surface area contributed by atoms with Crippen molar-refractivity contribution in [3.63, 3.8) is 0 Å². The third-order valence-corrected chi connectivity index (χ3v) is 19.0. The average Bonchev–Trinajstić information content (AvgIpc) is 3.71. The summed E-state index contributed by atoms with van der Waals surface area (Å²) in [6.45, 7) is 12.5. The molecule has 8 rings (SSSR count). The molecule has 9 atom stereocenters. The SMILES string of the molecule is CC(C)CCC[C@@H](C)[C@H]1CC[C@H]2[C@@H]3CC[C@H]4C[C@@H](CCC=C(c5cc(Cl)c(OCc6ccc(B(O)O)cc6)c(C(=O)O)c5)c5cc(Cl)c(OCc6ccc(B(O)O)cc6)c(C(=O)O)c5)CC[C@]4(C)[C@H]3CC[C@]12C. The molecule has 0 unspecified atom stereocenters. The number of aromatic carboxylic acids is 2. The number of carboxylic acid groups (broad SMARTS) is 2. The van der Waals surface area contributed by atoms with Crippen LogP contribution in [0.1, 0.15) is 167 Å². The van der Waals surface area contributed by atoms with Gasteiger partial charge in [0.15, 0.2) is 11.5 Å². The molecular weight excluding hydrogens is 961 g/mol. The van der Waals surface area contributed by atoms with Crippen LogP contribution in [-0.2, 0) is 13.2 Å². The van der Waals surface area contributed by atoms with Crippen molar-refractivity contribution < 1.29 is 49.4 Å². The van der Waals surface area contributed by atoms with Gasteiger partial charge in [0.1, 0.15) is 24.3 Å². The monoisotopic (exact) mass is 1030 g/mol. The van der Waals surface area contributed by atoms with E-state index >= 15 is 0 Å². The molecule has 0 bridgehead atoms. The van der Waals surface area contributed by atoms with Crippen LogP contribution in [-0.4, -0.2) is 56.5 Å². The lowest BCUT2D eigenvalue weighted by molar-refractivity contribution is -0.121. The van der Waals surface area contributed by atoms with Crippen LogP contribution < -0.4 is 20.4 Å². The third-order valence-electron chi connectivity index (χ3n) is 18.4.